The van der Waals surface area contributed by atoms with Gasteiger partial charge in [0.15, 0.2) is 4.96 Å². The van der Waals surface area contributed by atoms with Gasteiger partial charge in [0.2, 0.25) is 0 Å². The lowest BCUT2D eigenvalue weighted by Gasteiger charge is -2.07. The third-order valence-corrected chi connectivity index (χ3v) is 4.34. The minimum atomic E-state index is -0.645. The Kier molecular flexibility index (Phi) is 5.11. The highest BCUT2D eigenvalue weighted by Gasteiger charge is 2.12. The van der Waals surface area contributed by atoms with Gasteiger partial charge in [-0.15, -0.1) is 11.3 Å². The third kappa shape index (κ3) is 4.04. The second-order valence-electron chi connectivity index (χ2n) is 4.96. The first-order chi connectivity index (χ1) is 12.0. The third-order valence-electron chi connectivity index (χ3n) is 3.25. The van der Waals surface area contributed by atoms with Gasteiger partial charge in [-0.1, -0.05) is 23.7 Å². The molecule has 0 saturated heterocycles. The maximum absolute atomic E-state index is 11.9. The van der Waals surface area contributed by atoms with Gasteiger partial charge < -0.3 is 10.1 Å². The molecule has 3 rings (SSSR count). The van der Waals surface area contributed by atoms with Gasteiger partial charge in [0.05, 0.1) is 16.3 Å². The van der Waals surface area contributed by atoms with Crippen LogP contribution in [0.1, 0.15) is 16.1 Å². The number of hydrogen-bond acceptors (Lipinski definition) is 6. The van der Waals surface area contributed by atoms with Crippen LogP contribution in [0.25, 0.3) is 4.96 Å². The van der Waals surface area contributed by atoms with Gasteiger partial charge in [0.25, 0.3) is 11.5 Å². The number of esters is 1. The van der Waals surface area contributed by atoms with Crippen molar-refractivity contribution in [2.45, 2.75) is 6.61 Å². The van der Waals surface area contributed by atoms with Crippen LogP contribution < -0.4 is 10.9 Å². The Bertz CT molecular complexity index is 998. The number of fused-ring (bicyclic) bond motifs is 1. The predicted molar refractivity (Wildman–Crippen MR) is 92.9 cm³/mol. The van der Waals surface area contributed by atoms with Gasteiger partial charge in [-0.3, -0.25) is 18.8 Å². The summed E-state index contributed by atoms with van der Waals surface area (Å²) in [7, 11) is 0. The Hall–Kier alpha value is -2.71. The van der Waals surface area contributed by atoms with Gasteiger partial charge >= 0.3 is 5.97 Å². The second-order valence-corrected chi connectivity index (χ2v) is 6.24. The number of nitrogens with one attached hydrogen (secondary N) is 1. The van der Waals surface area contributed by atoms with E-state index in [-0.39, 0.29) is 24.3 Å². The highest BCUT2D eigenvalue weighted by molar-refractivity contribution is 7.15. The first kappa shape index (κ1) is 17.1. The van der Waals surface area contributed by atoms with Crippen LogP contribution in [0, 0.1) is 0 Å². The maximum Gasteiger partial charge on any atom is 0.325 e. The number of nitrogens with zero attached hydrogens (tertiary/aromatic N) is 2. The lowest BCUT2D eigenvalue weighted by molar-refractivity contribution is -0.143. The number of carbonyl (C=O) groups is 2. The van der Waals surface area contributed by atoms with Crippen molar-refractivity contribution in [3.63, 3.8) is 0 Å². The molecule has 0 unspecified atom stereocenters. The molecule has 128 valence electrons. The van der Waals surface area contributed by atoms with E-state index in [0.29, 0.717) is 15.7 Å². The van der Waals surface area contributed by atoms with Crippen molar-refractivity contribution in [1.29, 1.82) is 0 Å². The van der Waals surface area contributed by atoms with Crippen molar-refractivity contribution in [2.75, 3.05) is 6.54 Å². The lowest BCUT2D eigenvalue weighted by Crippen LogP contribution is -2.30. The summed E-state index contributed by atoms with van der Waals surface area (Å²) >= 11 is 7.22. The average molecular weight is 378 g/mol. The van der Waals surface area contributed by atoms with E-state index < -0.39 is 11.9 Å². The number of carbonyl (C=O) groups excluding carboxylic acids is 2. The molecule has 1 aromatic carbocycles. The van der Waals surface area contributed by atoms with Crippen LogP contribution >= 0.6 is 22.9 Å². The molecule has 0 spiro atoms. The molecule has 9 heteroatoms. The summed E-state index contributed by atoms with van der Waals surface area (Å²) in [6.45, 7) is -0.464. The largest absolute Gasteiger partial charge is 0.458 e. The Morgan fingerprint density at radius 3 is 2.92 bits per heavy atom. The van der Waals surface area contributed by atoms with Crippen molar-refractivity contribution in [1.82, 2.24) is 14.7 Å². The van der Waals surface area contributed by atoms with E-state index in [1.54, 1.807) is 35.8 Å². The minimum absolute atomic E-state index is 0.148. The molecule has 1 N–H and O–H groups in total. The molecule has 0 fully saturated rings. The summed E-state index contributed by atoms with van der Waals surface area (Å²) in [5, 5.41) is 4.46. The fourth-order valence-electron chi connectivity index (χ4n) is 2.06. The molecule has 2 heterocycles. The fourth-order valence-corrected chi connectivity index (χ4v) is 3.02. The van der Waals surface area contributed by atoms with Crippen molar-refractivity contribution in [2.24, 2.45) is 0 Å². The van der Waals surface area contributed by atoms with E-state index in [2.05, 4.69) is 10.3 Å². The van der Waals surface area contributed by atoms with Crippen molar-refractivity contribution < 1.29 is 14.3 Å². The topological polar surface area (TPSA) is 89.8 Å². The average Bonchev–Trinajstić information content (AvgIpc) is 3.07. The molecule has 0 aliphatic rings. The summed E-state index contributed by atoms with van der Waals surface area (Å²) in [6.07, 6.45) is 1.62. The van der Waals surface area contributed by atoms with Crippen molar-refractivity contribution in [3.8, 4) is 0 Å². The van der Waals surface area contributed by atoms with Gasteiger partial charge in [-0.25, -0.2) is 4.98 Å². The number of thiazole rings is 1. The Labute approximate surface area is 150 Å². The highest BCUT2D eigenvalue weighted by Crippen LogP contribution is 2.14. The molecule has 0 aliphatic carbocycles. The zero-order valence-corrected chi connectivity index (χ0v) is 14.3. The molecule has 3 aromatic rings. The SMILES string of the molecule is O=C(CNC(=O)c1ccccc1Cl)OCc1cc(=O)n2ccsc2n1. The van der Waals surface area contributed by atoms with E-state index in [0.717, 1.165) is 0 Å². The maximum atomic E-state index is 11.9. The highest BCUT2D eigenvalue weighted by atomic mass is 35.5. The lowest BCUT2D eigenvalue weighted by atomic mass is 10.2. The van der Waals surface area contributed by atoms with Crippen LogP contribution in [-0.4, -0.2) is 27.8 Å². The number of aromatic nitrogens is 2. The van der Waals surface area contributed by atoms with Crippen LogP contribution in [0.2, 0.25) is 5.02 Å². The summed E-state index contributed by atoms with van der Waals surface area (Å²) in [6, 6.07) is 7.81. The van der Waals surface area contributed by atoms with Crippen LogP contribution in [0.3, 0.4) is 0 Å². The molecule has 0 radical (unpaired) electrons. The van der Waals surface area contributed by atoms with E-state index in [1.165, 1.54) is 21.8 Å². The molecule has 1 amide bonds. The zero-order valence-electron chi connectivity index (χ0n) is 12.8. The van der Waals surface area contributed by atoms with E-state index in [4.69, 9.17) is 16.3 Å². The molecular weight excluding hydrogens is 366 g/mol. The second kappa shape index (κ2) is 7.45. The Morgan fingerprint density at radius 2 is 2.12 bits per heavy atom. The van der Waals surface area contributed by atoms with E-state index >= 15 is 0 Å². The normalized spacial score (nSPS) is 10.6. The summed E-state index contributed by atoms with van der Waals surface area (Å²) < 4.78 is 6.44. The van der Waals surface area contributed by atoms with Crippen molar-refractivity contribution >= 4 is 39.8 Å². The van der Waals surface area contributed by atoms with Crippen LogP contribution in [0.5, 0.6) is 0 Å². The quantitative estimate of drug-likeness (QED) is 0.686. The molecule has 0 aliphatic heterocycles. The van der Waals surface area contributed by atoms with Gasteiger partial charge in [0.1, 0.15) is 13.2 Å². The predicted octanol–water partition coefficient (Wildman–Crippen LogP) is 1.88. The van der Waals surface area contributed by atoms with Gasteiger partial charge in [-0.05, 0) is 12.1 Å². The fraction of sp³-hybridized carbons (Fsp3) is 0.125. The number of hydrogen-bond donors (Lipinski definition) is 1. The van der Waals surface area contributed by atoms with E-state index in [1.807, 2.05) is 0 Å². The van der Waals surface area contributed by atoms with Gasteiger partial charge in [-0.2, -0.15) is 0 Å². The molecule has 0 bridgehead atoms. The molecular formula is C16H12ClN3O4S. The minimum Gasteiger partial charge on any atom is -0.458 e. The first-order valence-corrected chi connectivity index (χ1v) is 8.44. The summed E-state index contributed by atoms with van der Waals surface area (Å²) in [5.74, 6) is -1.12. The molecule has 25 heavy (non-hydrogen) atoms. The number of ether oxygens (including phenoxy) is 1. The zero-order chi connectivity index (χ0) is 17.8. The summed E-state index contributed by atoms with van der Waals surface area (Å²) in [4.78, 5) is 40.3. The molecule has 7 nitrogen and oxygen atoms in total. The molecule has 0 saturated carbocycles. The van der Waals surface area contributed by atoms with E-state index in [9.17, 15) is 14.4 Å². The number of halogens is 1. The van der Waals surface area contributed by atoms with Crippen LogP contribution in [0.15, 0.2) is 46.7 Å². The standard InChI is InChI=1S/C16H12ClN3O4S/c17-12-4-2-1-3-11(12)15(23)18-8-14(22)24-9-10-7-13(21)20-5-6-25-16(20)19-10/h1-7H,8-9H2,(H,18,23). The van der Waals surface area contributed by atoms with Crippen molar-refractivity contribution in [3.05, 3.63) is 68.5 Å². The number of benzene rings is 1. The monoisotopic (exact) mass is 377 g/mol. The Morgan fingerprint density at radius 1 is 1.32 bits per heavy atom. The molecule has 0 atom stereocenters. The Balaban J connectivity index is 1.55. The summed E-state index contributed by atoms with van der Waals surface area (Å²) in [5.41, 5.74) is 0.373. The smallest absolute Gasteiger partial charge is 0.325 e. The first-order valence-electron chi connectivity index (χ1n) is 7.19. The van der Waals surface area contributed by atoms with Gasteiger partial charge in [0, 0.05) is 17.6 Å². The van der Waals surface area contributed by atoms with Crippen LogP contribution in [0.4, 0.5) is 0 Å². The number of rotatable bonds is 5. The number of amides is 1. The van der Waals surface area contributed by atoms with Crippen LogP contribution in [-0.2, 0) is 16.1 Å². The molecule has 2 aromatic heterocycles.